The maximum atomic E-state index is 12.4. The monoisotopic (exact) mass is 555 g/mol. The van der Waals surface area contributed by atoms with Gasteiger partial charge in [0.15, 0.2) is 10.7 Å². The van der Waals surface area contributed by atoms with Crippen LogP contribution in [-0.2, 0) is 0 Å². The number of nitrogens with one attached hydrogen (secondary N) is 2. The highest BCUT2D eigenvalue weighted by Gasteiger charge is 2.13. The second-order valence-electron chi connectivity index (χ2n) is 7.52. The Morgan fingerprint density at radius 1 is 1.12 bits per heavy atom. The van der Waals surface area contributed by atoms with E-state index in [1.54, 1.807) is 6.07 Å². The van der Waals surface area contributed by atoms with Crippen LogP contribution in [0, 0.1) is 3.57 Å². The number of rotatable bonds is 5. The van der Waals surface area contributed by atoms with Crippen LogP contribution in [0.5, 0.6) is 0 Å². The lowest BCUT2D eigenvalue weighted by Crippen LogP contribution is -2.34. The number of thiocarbonyl (C=S) groups is 1. The van der Waals surface area contributed by atoms with Gasteiger partial charge in [0.1, 0.15) is 5.52 Å². The van der Waals surface area contributed by atoms with Gasteiger partial charge < -0.3 is 9.73 Å². The molecule has 4 aromatic rings. The van der Waals surface area contributed by atoms with E-state index in [2.05, 4.69) is 64.2 Å². The van der Waals surface area contributed by atoms with E-state index in [1.807, 2.05) is 48.5 Å². The van der Waals surface area contributed by atoms with Gasteiger partial charge in [-0.25, -0.2) is 4.98 Å². The zero-order valence-electron chi connectivity index (χ0n) is 17.7. The van der Waals surface area contributed by atoms with Crippen LogP contribution in [0.1, 0.15) is 42.1 Å². The molecule has 3 aromatic carbocycles. The molecule has 0 aliphatic carbocycles. The van der Waals surface area contributed by atoms with Crippen LogP contribution < -0.4 is 10.6 Å². The first kappa shape index (κ1) is 22.4. The second kappa shape index (κ2) is 9.79. The van der Waals surface area contributed by atoms with Crippen molar-refractivity contribution in [3.05, 3.63) is 81.4 Å². The number of amides is 1. The van der Waals surface area contributed by atoms with E-state index in [9.17, 15) is 4.79 Å². The predicted octanol–water partition coefficient (Wildman–Crippen LogP) is 6.74. The number of carbonyl (C=O) groups is 1. The molecule has 0 saturated carbocycles. The molecule has 1 heterocycles. The van der Waals surface area contributed by atoms with Crippen molar-refractivity contribution >= 4 is 62.6 Å². The lowest BCUT2D eigenvalue weighted by Gasteiger charge is -2.10. The Morgan fingerprint density at radius 2 is 1.88 bits per heavy atom. The Hall–Kier alpha value is -2.78. The van der Waals surface area contributed by atoms with Crippen molar-refractivity contribution in [1.82, 2.24) is 10.3 Å². The van der Waals surface area contributed by atoms with Crippen molar-refractivity contribution in [2.75, 3.05) is 5.32 Å². The van der Waals surface area contributed by atoms with Crippen LogP contribution in [0.3, 0.4) is 0 Å². The number of anilines is 1. The van der Waals surface area contributed by atoms with E-state index in [-0.39, 0.29) is 11.0 Å². The normalized spacial score (nSPS) is 11.8. The summed E-state index contributed by atoms with van der Waals surface area (Å²) in [5.41, 5.74) is 5.11. The summed E-state index contributed by atoms with van der Waals surface area (Å²) in [5, 5.41) is 5.99. The molecule has 1 atom stereocenters. The molecule has 0 saturated heterocycles. The Bertz CT molecular complexity index is 1280. The minimum atomic E-state index is -0.243. The molecule has 1 unspecified atom stereocenters. The van der Waals surface area contributed by atoms with Crippen LogP contribution in [0.2, 0.25) is 0 Å². The number of halogens is 1. The summed E-state index contributed by atoms with van der Waals surface area (Å²) >= 11 is 7.42. The largest absolute Gasteiger partial charge is 0.436 e. The summed E-state index contributed by atoms with van der Waals surface area (Å²) in [6.07, 6.45) is 1.08. The summed E-state index contributed by atoms with van der Waals surface area (Å²) in [6.45, 7) is 4.39. The molecule has 0 bridgehead atoms. The number of nitrogens with zero attached hydrogens (tertiary/aromatic N) is 1. The van der Waals surface area contributed by atoms with Crippen LogP contribution in [0.25, 0.3) is 22.6 Å². The average molecular weight is 555 g/mol. The number of hydrogen-bond acceptors (Lipinski definition) is 4. The molecule has 32 heavy (non-hydrogen) atoms. The van der Waals surface area contributed by atoms with Crippen molar-refractivity contribution in [1.29, 1.82) is 0 Å². The molecular formula is C25H22IN3O2S. The first-order valence-corrected chi connectivity index (χ1v) is 11.8. The van der Waals surface area contributed by atoms with E-state index in [0.29, 0.717) is 17.4 Å². The van der Waals surface area contributed by atoms with Crippen LogP contribution in [0.15, 0.2) is 71.1 Å². The molecule has 5 nitrogen and oxygen atoms in total. The van der Waals surface area contributed by atoms with Gasteiger partial charge in [-0.3, -0.25) is 10.1 Å². The fourth-order valence-corrected chi connectivity index (χ4v) is 4.13. The third-order valence-corrected chi connectivity index (χ3v) is 6.47. The molecule has 0 fully saturated rings. The third-order valence-electron chi connectivity index (χ3n) is 5.33. The molecular weight excluding hydrogens is 533 g/mol. The lowest BCUT2D eigenvalue weighted by molar-refractivity contribution is 0.0977. The number of oxazole rings is 1. The molecule has 4 rings (SSSR count). The average Bonchev–Trinajstić information content (AvgIpc) is 3.22. The van der Waals surface area contributed by atoms with Crippen molar-refractivity contribution in [3.8, 4) is 11.5 Å². The highest BCUT2D eigenvalue weighted by atomic mass is 127. The summed E-state index contributed by atoms with van der Waals surface area (Å²) in [5.74, 6) is 0.814. The first-order valence-electron chi connectivity index (χ1n) is 10.3. The number of carbonyl (C=O) groups excluding carboxylic acids is 1. The van der Waals surface area contributed by atoms with Gasteiger partial charge in [0.25, 0.3) is 5.91 Å². The maximum absolute atomic E-state index is 12.4. The van der Waals surface area contributed by atoms with Crippen LogP contribution in [-0.4, -0.2) is 16.0 Å². The number of hydrogen-bond donors (Lipinski definition) is 2. The highest BCUT2D eigenvalue weighted by Crippen LogP contribution is 2.28. The number of benzene rings is 3. The number of fused-ring (bicyclic) bond motifs is 1. The molecule has 1 amide bonds. The Labute approximate surface area is 205 Å². The van der Waals surface area contributed by atoms with Crippen molar-refractivity contribution in [2.24, 2.45) is 0 Å². The molecule has 1 aromatic heterocycles. The quantitative estimate of drug-likeness (QED) is 0.211. The van der Waals surface area contributed by atoms with E-state index in [4.69, 9.17) is 16.6 Å². The van der Waals surface area contributed by atoms with E-state index in [0.717, 1.165) is 32.3 Å². The van der Waals surface area contributed by atoms with Crippen molar-refractivity contribution in [2.45, 2.75) is 26.2 Å². The smallest absolute Gasteiger partial charge is 0.258 e. The Kier molecular flexibility index (Phi) is 6.86. The second-order valence-corrected chi connectivity index (χ2v) is 9.09. The van der Waals surface area contributed by atoms with Crippen molar-refractivity contribution in [3.63, 3.8) is 0 Å². The zero-order valence-corrected chi connectivity index (χ0v) is 20.7. The fourth-order valence-electron chi connectivity index (χ4n) is 3.28. The Balaban J connectivity index is 1.44. The summed E-state index contributed by atoms with van der Waals surface area (Å²) < 4.78 is 6.81. The standard InChI is InChI=1S/C25H22IN3O2S/c1-3-15(2)17-10-13-22-21(14-17)28-24(31-22)16-8-11-18(12-9-16)27-25(32)29-23(30)19-6-4-5-7-20(19)26/h4-15H,3H2,1-2H3,(H2,27,29,30,32). The van der Waals surface area contributed by atoms with E-state index >= 15 is 0 Å². The lowest BCUT2D eigenvalue weighted by atomic mass is 9.98. The van der Waals surface area contributed by atoms with E-state index < -0.39 is 0 Å². The fraction of sp³-hybridized carbons (Fsp3) is 0.160. The van der Waals surface area contributed by atoms with Gasteiger partial charge in [-0.05, 0) is 101 Å². The van der Waals surface area contributed by atoms with Gasteiger partial charge in [0, 0.05) is 14.8 Å². The molecule has 0 aliphatic rings. The maximum Gasteiger partial charge on any atom is 0.258 e. The molecule has 0 aliphatic heterocycles. The minimum absolute atomic E-state index is 0.238. The third kappa shape index (κ3) is 4.99. The van der Waals surface area contributed by atoms with Gasteiger partial charge >= 0.3 is 0 Å². The van der Waals surface area contributed by atoms with Gasteiger partial charge in [-0.15, -0.1) is 0 Å². The van der Waals surface area contributed by atoms with E-state index in [1.165, 1.54) is 5.56 Å². The SMILES string of the molecule is CCC(C)c1ccc2oc(-c3ccc(NC(=S)NC(=O)c4ccccc4I)cc3)nc2c1. The van der Waals surface area contributed by atoms with Crippen molar-refractivity contribution < 1.29 is 9.21 Å². The minimum Gasteiger partial charge on any atom is -0.436 e. The number of aromatic nitrogens is 1. The van der Waals surface area contributed by atoms with Crippen LogP contribution >= 0.6 is 34.8 Å². The van der Waals surface area contributed by atoms with Gasteiger partial charge in [-0.1, -0.05) is 32.0 Å². The Morgan fingerprint density at radius 3 is 2.59 bits per heavy atom. The molecule has 0 spiro atoms. The first-order chi connectivity index (χ1) is 15.4. The zero-order chi connectivity index (χ0) is 22.7. The predicted molar refractivity (Wildman–Crippen MR) is 141 cm³/mol. The molecule has 2 N–H and O–H groups in total. The molecule has 0 radical (unpaired) electrons. The summed E-state index contributed by atoms with van der Waals surface area (Å²) in [7, 11) is 0. The summed E-state index contributed by atoms with van der Waals surface area (Å²) in [4.78, 5) is 17.1. The van der Waals surface area contributed by atoms with Crippen LogP contribution in [0.4, 0.5) is 5.69 Å². The van der Waals surface area contributed by atoms with Gasteiger partial charge in [0.2, 0.25) is 5.89 Å². The highest BCUT2D eigenvalue weighted by molar-refractivity contribution is 14.1. The topological polar surface area (TPSA) is 67.2 Å². The summed E-state index contributed by atoms with van der Waals surface area (Å²) in [6, 6.07) is 21.1. The van der Waals surface area contributed by atoms with Gasteiger partial charge in [0.05, 0.1) is 5.56 Å². The van der Waals surface area contributed by atoms with Gasteiger partial charge in [-0.2, -0.15) is 0 Å². The molecule has 162 valence electrons. The molecule has 7 heteroatoms.